The topological polar surface area (TPSA) is 73.3 Å². The van der Waals surface area contributed by atoms with Gasteiger partial charge in [0.05, 0.1) is 14.2 Å². The summed E-state index contributed by atoms with van der Waals surface area (Å²) in [6.07, 6.45) is 3.97. The Balaban J connectivity index is 1.99. The van der Waals surface area contributed by atoms with Crippen LogP contribution in [0.15, 0.2) is 24.3 Å². The van der Waals surface area contributed by atoms with Gasteiger partial charge in [-0.2, -0.15) is 0 Å². The molecule has 2 rings (SSSR count). The van der Waals surface area contributed by atoms with Crippen LogP contribution in [0.3, 0.4) is 0 Å². The van der Waals surface area contributed by atoms with Crippen LogP contribution in [0.1, 0.15) is 31.3 Å². The van der Waals surface area contributed by atoms with E-state index in [1.165, 1.54) is 17.4 Å². The Labute approximate surface area is 151 Å². The van der Waals surface area contributed by atoms with Crippen molar-refractivity contribution in [3.63, 3.8) is 0 Å². The Morgan fingerprint density at radius 2 is 1.92 bits per heavy atom. The Morgan fingerprint density at radius 1 is 1.20 bits per heavy atom. The molecule has 2 aromatic rings. The second-order valence-electron chi connectivity index (χ2n) is 6.68. The zero-order valence-electron chi connectivity index (χ0n) is 15.1. The van der Waals surface area contributed by atoms with E-state index in [2.05, 4.69) is 36.3 Å². The monoisotopic (exact) mass is 361 g/mol. The van der Waals surface area contributed by atoms with Gasteiger partial charge in [-0.25, -0.2) is 0 Å². The van der Waals surface area contributed by atoms with E-state index < -0.39 is 0 Å². The minimum atomic E-state index is -0.256. The van der Waals surface area contributed by atoms with Gasteiger partial charge in [-0.15, -0.1) is 10.2 Å². The molecule has 134 valence electrons. The molecular weight excluding hydrogens is 338 g/mol. The lowest BCUT2D eigenvalue weighted by Crippen LogP contribution is -2.08. The van der Waals surface area contributed by atoms with E-state index in [4.69, 9.17) is 9.47 Å². The van der Waals surface area contributed by atoms with Crippen LogP contribution in [0.2, 0.25) is 0 Å². The maximum absolute atomic E-state index is 12.0. The standard InChI is InChI=1S/C18H23N3O3S/c1-18(2,3)11-16-20-21-17(25-16)19-15(22)9-7-12-6-8-13(23-4)14(10-12)24-5/h6-10H,11H2,1-5H3,(H,19,21,22)/b9-7+. The van der Waals surface area contributed by atoms with Crippen molar-refractivity contribution in [2.75, 3.05) is 19.5 Å². The third-order valence-electron chi connectivity index (χ3n) is 3.21. The summed E-state index contributed by atoms with van der Waals surface area (Å²) in [6, 6.07) is 5.44. The van der Waals surface area contributed by atoms with Gasteiger partial charge in [0.2, 0.25) is 11.0 Å². The van der Waals surface area contributed by atoms with E-state index in [0.29, 0.717) is 16.6 Å². The molecule has 6 nitrogen and oxygen atoms in total. The van der Waals surface area contributed by atoms with Gasteiger partial charge in [0.25, 0.3) is 0 Å². The minimum absolute atomic E-state index is 0.133. The summed E-state index contributed by atoms with van der Waals surface area (Å²) in [5, 5.41) is 12.3. The Morgan fingerprint density at radius 3 is 2.56 bits per heavy atom. The van der Waals surface area contributed by atoms with Crippen molar-refractivity contribution < 1.29 is 14.3 Å². The van der Waals surface area contributed by atoms with Crippen LogP contribution < -0.4 is 14.8 Å². The lowest BCUT2D eigenvalue weighted by molar-refractivity contribution is -0.111. The van der Waals surface area contributed by atoms with Gasteiger partial charge >= 0.3 is 0 Å². The van der Waals surface area contributed by atoms with Crippen molar-refractivity contribution in [3.8, 4) is 11.5 Å². The highest BCUT2D eigenvalue weighted by atomic mass is 32.1. The zero-order chi connectivity index (χ0) is 18.4. The maximum Gasteiger partial charge on any atom is 0.250 e. The molecule has 0 atom stereocenters. The number of carbonyl (C=O) groups excluding carboxylic acids is 1. The zero-order valence-corrected chi connectivity index (χ0v) is 15.9. The first-order valence-electron chi connectivity index (χ1n) is 7.84. The summed E-state index contributed by atoms with van der Waals surface area (Å²) >= 11 is 1.40. The molecule has 25 heavy (non-hydrogen) atoms. The van der Waals surface area contributed by atoms with Crippen molar-refractivity contribution in [1.29, 1.82) is 0 Å². The summed E-state index contributed by atoms with van der Waals surface area (Å²) in [4.78, 5) is 12.0. The highest BCUT2D eigenvalue weighted by Gasteiger charge is 2.15. The lowest BCUT2D eigenvalue weighted by Gasteiger charge is -2.14. The largest absolute Gasteiger partial charge is 0.493 e. The third kappa shape index (κ3) is 5.86. The van der Waals surface area contributed by atoms with Crippen molar-refractivity contribution in [2.45, 2.75) is 27.2 Å². The smallest absolute Gasteiger partial charge is 0.250 e. The SMILES string of the molecule is COc1ccc(/C=C/C(=O)Nc2nnc(CC(C)(C)C)s2)cc1OC. The molecule has 1 N–H and O–H groups in total. The number of nitrogens with one attached hydrogen (secondary N) is 1. The van der Waals surface area contributed by atoms with Crippen molar-refractivity contribution in [3.05, 3.63) is 34.8 Å². The Bertz CT molecular complexity index is 763. The summed E-state index contributed by atoms with van der Waals surface area (Å²) < 4.78 is 10.4. The van der Waals surface area contributed by atoms with E-state index in [0.717, 1.165) is 17.0 Å². The van der Waals surface area contributed by atoms with Gasteiger partial charge in [0, 0.05) is 12.5 Å². The third-order valence-corrected chi connectivity index (χ3v) is 4.05. The number of amides is 1. The number of hydrogen-bond donors (Lipinski definition) is 1. The van der Waals surface area contributed by atoms with Gasteiger partial charge in [0.15, 0.2) is 11.5 Å². The fraction of sp³-hybridized carbons (Fsp3) is 0.389. The van der Waals surface area contributed by atoms with Gasteiger partial charge in [-0.1, -0.05) is 38.2 Å². The molecule has 0 radical (unpaired) electrons. The molecule has 0 fully saturated rings. The summed E-state index contributed by atoms with van der Waals surface area (Å²) in [7, 11) is 3.15. The molecule has 1 aromatic heterocycles. The van der Waals surface area contributed by atoms with Crippen LogP contribution in [0.4, 0.5) is 5.13 Å². The predicted molar refractivity (Wildman–Crippen MR) is 100 cm³/mol. The van der Waals surface area contributed by atoms with Crippen LogP contribution in [0, 0.1) is 5.41 Å². The number of carbonyl (C=O) groups is 1. The van der Waals surface area contributed by atoms with E-state index in [1.807, 2.05) is 6.07 Å². The normalized spacial score (nSPS) is 11.6. The number of aromatic nitrogens is 2. The number of hydrogen-bond acceptors (Lipinski definition) is 6. The molecule has 0 aliphatic rings. The van der Waals surface area contributed by atoms with E-state index in [9.17, 15) is 4.79 Å². The number of ether oxygens (including phenoxy) is 2. The molecule has 7 heteroatoms. The van der Waals surface area contributed by atoms with Crippen molar-refractivity contribution in [1.82, 2.24) is 10.2 Å². The predicted octanol–water partition coefficient (Wildman–Crippen LogP) is 3.80. The van der Waals surface area contributed by atoms with E-state index in [1.54, 1.807) is 32.4 Å². The molecule has 0 saturated carbocycles. The highest BCUT2D eigenvalue weighted by molar-refractivity contribution is 7.15. The van der Waals surface area contributed by atoms with Gasteiger partial charge < -0.3 is 9.47 Å². The van der Waals surface area contributed by atoms with Gasteiger partial charge in [-0.3, -0.25) is 10.1 Å². The van der Waals surface area contributed by atoms with E-state index in [-0.39, 0.29) is 11.3 Å². The number of benzene rings is 1. The van der Waals surface area contributed by atoms with Crippen molar-refractivity contribution >= 4 is 28.5 Å². The molecule has 1 heterocycles. The fourth-order valence-electron chi connectivity index (χ4n) is 2.10. The first-order chi connectivity index (χ1) is 11.8. The second-order valence-corrected chi connectivity index (χ2v) is 7.74. The minimum Gasteiger partial charge on any atom is -0.493 e. The van der Waals surface area contributed by atoms with Crippen LogP contribution >= 0.6 is 11.3 Å². The molecule has 0 spiro atoms. The first-order valence-corrected chi connectivity index (χ1v) is 8.66. The van der Waals surface area contributed by atoms with Crippen LogP contribution in [-0.2, 0) is 11.2 Å². The Kier molecular flexibility index (Phi) is 6.14. The summed E-state index contributed by atoms with van der Waals surface area (Å²) in [5.74, 6) is 0.999. The Hall–Kier alpha value is -2.41. The summed E-state index contributed by atoms with van der Waals surface area (Å²) in [5.41, 5.74) is 0.965. The molecule has 1 aromatic carbocycles. The lowest BCUT2D eigenvalue weighted by atomic mass is 9.93. The second kappa shape index (κ2) is 8.11. The fourth-order valence-corrected chi connectivity index (χ4v) is 3.15. The molecule has 0 aliphatic heterocycles. The number of rotatable bonds is 6. The number of nitrogens with zero attached hydrogens (tertiary/aromatic N) is 2. The van der Waals surface area contributed by atoms with Gasteiger partial charge in [0.1, 0.15) is 5.01 Å². The highest BCUT2D eigenvalue weighted by Crippen LogP contribution is 2.28. The molecular formula is C18H23N3O3S. The average Bonchev–Trinajstić information content (AvgIpc) is 2.97. The molecule has 0 unspecified atom stereocenters. The van der Waals surface area contributed by atoms with Crippen LogP contribution in [-0.4, -0.2) is 30.3 Å². The summed E-state index contributed by atoms with van der Waals surface area (Å²) in [6.45, 7) is 6.41. The van der Waals surface area contributed by atoms with Crippen molar-refractivity contribution in [2.24, 2.45) is 5.41 Å². The van der Waals surface area contributed by atoms with Crippen LogP contribution in [0.25, 0.3) is 6.08 Å². The quantitative estimate of drug-likeness (QED) is 0.792. The maximum atomic E-state index is 12.0. The molecule has 0 bridgehead atoms. The number of anilines is 1. The number of methoxy groups -OCH3 is 2. The average molecular weight is 361 g/mol. The molecule has 0 aliphatic carbocycles. The molecule has 1 amide bonds. The van der Waals surface area contributed by atoms with Crippen LogP contribution in [0.5, 0.6) is 11.5 Å². The first kappa shape index (κ1) is 18.9. The molecule has 0 saturated heterocycles. The van der Waals surface area contributed by atoms with E-state index >= 15 is 0 Å². The van der Waals surface area contributed by atoms with Gasteiger partial charge in [-0.05, 0) is 29.2 Å².